The Labute approximate surface area is 94.2 Å². The van der Waals surface area contributed by atoms with E-state index in [9.17, 15) is 18.0 Å². The van der Waals surface area contributed by atoms with Gasteiger partial charge in [-0.25, -0.2) is 13.1 Å². The number of nitrogens with zero attached hydrogens (tertiary/aromatic N) is 1. The molecule has 1 unspecified atom stereocenters. The Kier molecular flexibility index (Phi) is 4.00. The van der Waals surface area contributed by atoms with E-state index in [4.69, 9.17) is 0 Å². The summed E-state index contributed by atoms with van der Waals surface area (Å²) in [5.41, 5.74) is 0. The standard InChI is InChI=1S/C8H15N3O4S/c1-11-7(12)5-6(8(11)13)9-3-4-10-16(2,14)15/h6,9-10H,3-5H2,1-2H3. The summed E-state index contributed by atoms with van der Waals surface area (Å²) in [6.45, 7) is 0.505. The zero-order valence-corrected chi connectivity index (χ0v) is 10.0. The van der Waals surface area contributed by atoms with Gasteiger partial charge in [0.05, 0.1) is 18.7 Å². The van der Waals surface area contributed by atoms with Crippen molar-refractivity contribution in [3.8, 4) is 0 Å². The first-order chi connectivity index (χ1) is 7.31. The molecule has 2 amide bonds. The van der Waals surface area contributed by atoms with Gasteiger partial charge in [-0.05, 0) is 0 Å². The smallest absolute Gasteiger partial charge is 0.246 e. The fourth-order valence-electron chi connectivity index (χ4n) is 1.40. The predicted molar refractivity (Wildman–Crippen MR) is 57.0 cm³/mol. The van der Waals surface area contributed by atoms with Gasteiger partial charge in [0.2, 0.25) is 21.8 Å². The van der Waals surface area contributed by atoms with Crippen LogP contribution in [0.5, 0.6) is 0 Å². The minimum Gasteiger partial charge on any atom is -0.304 e. The molecule has 0 bridgehead atoms. The van der Waals surface area contributed by atoms with Crippen molar-refractivity contribution in [3.05, 3.63) is 0 Å². The van der Waals surface area contributed by atoms with Gasteiger partial charge in [0.25, 0.3) is 0 Å². The summed E-state index contributed by atoms with van der Waals surface area (Å²) in [6, 6.07) is -0.529. The third-order valence-corrected chi connectivity index (χ3v) is 2.99. The zero-order chi connectivity index (χ0) is 12.3. The van der Waals surface area contributed by atoms with Crippen LogP contribution in [-0.2, 0) is 19.6 Å². The molecule has 1 heterocycles. The lowest BCUT2D eigenvalue weighted by Gasteiger charge is -2.10. The Bertz CT molecular complexity index is 392. The molecule has 0 radical (unpaired) electrons. The number of hydrogen-bond donors (Lipinski definition) is 2. The van der Waals surface area contributed by atoms with E-state index in [0.717, 1.165) is 11.2 Å². The number of imide groups is 1. The lowest BCUT2D eigenvalue weighted by molar-refractivity contribution is -0.137. The van der Waals surface area contributed by atoms with Crippen LogP contribution < -0.4 is 10.0 Å². The van der Waals surface area contributed by atoms with E-state index in [-0.39, 0.29) is 24.8 Å². The van der Waals surface area contributed by atoms with Gasteiger partial charge in [0.15, 0.2) is 0 Å². The van der Waals surface area contributed by atoms with Crippen LogP contribution in [0, 0.1) is 0 Å². The number of likely N-dealkylation sites (tertiary alicyclic amines) is 1. The second-order valence-corrected chi connectivity index (χ2v) is 5.50. The second-order valence-electron chi connectivity index (χ2n) is 3.67. The average molecular weight is 249 g/mol. The monoisotopic (exact) mass is 249 g/mol. The van der Waals surface area contributed by atoms with Crippen molar-refractivity contribution < 1.29 is 18.0 Å². The Morgan fingerprint density at radius 1 is 1.38 bits per heavy atom. The first-order valence-electron chi connectivity index (χ1n) is 4.79. The van der Waals surface area contributed by atoms with Gasteiger partial charge in [0, 0.05) is 20.1 Å². The van der Waals surface area contributed by atoms with Crippen molar-refractivity contribution in [1.82, 2.24) is 14.9 Å². The van der Waals surface area contributed by atoms with E-state index >= 15 is 0 Å². The minimum atomic E-state index is -3.21. The molecule has 0 aromatic carbocycles. The number of carbonyl (C=O) groups excluding carboxylic acids is 2. The summed E-state index contributed by atoms with van der Waals surface area (Å²) in [7, 11) is -1.78. The van der Waals surface area contributed by atoms with Crippen molar-refractivity contribution in [3.63, 3.8) is 0 Å². The molecule has 0 saturated carbocycles. The average Bonchev–Trinajstić information content (AvgIpc) is 2.40. The molecule has 2 N–H and O–H groups in total. The number of hydrogen-bond acceptors (Lipinski definition) is 5. The van der Waals surface area contributed by atoms with Gasteiger partial charge in [-0.1, -0.05) is 0 Å². The number of amides is 2. The molecule has 1 fully saturated rings. The van der Waals surface area contributed by atoms with Crippen LogP contribution in [-0.4, -0.2) is 57.6 Å². The molecule has 0 aromatic rings. The molecule has 16 heavy (non-hydrogen) atoms. The van der Waals surface area contributed by atoms with Gasteiger partial charge in [-0.2, -0.15) is 0 Å². The Morgan fingerprint density at radius 2 is 2.00 bits per heavy atom. The molecule has 1 saturated heterocycles. The van der Waals surface area contributed by atoms with Crippen molar-refractivity contribution in [2.24, 2.45) is 0 Å². The molecule has 0 spiro atoms. The van der Waals surface area contributed by atoms with Crippen LogP contribution in [0.1, 0.15) is 6.42 Å². The van der Waals surface area contributed by atoms with Gasteiger partial charge in [-0.15, -0.1) is 0 Å². The highest BCUT2D eigenvalue weighted by Gasteiger charge is 2.35. The molecule has 7 nitrogen and oxygen atoms in total. The van der Waals surface area contributed by atoms with E-state index in [1.807, 2.05) is 0 Å². The quantitative estimate of drug-likeness (QED) is 0.429. The number of likely N-dealkylation sites (N-methyl/N-ethyl adjacent to an activating group) is 1. The number of sulfonamides is 1. The fourth-order valence-corrected chi connectivity index (χ4v) is 1.87. The lowest BCUT2D eigenvalue weighted by Crippen LogP contribution is -2.41. The van der Waals surface area contributed by atoms with Crippen molar-refractivity contribution in [2.75, 3.05) is 26.4 Å². The fraction of sp³-hybridized carbons (Fsp3) is 0.750. The van der Waals surface area contributed by atoms with Crippen molar-refractivity contribution >= 4 is 21.8 Å². The first-order valence-corrected chi connectivity index (χ1v) is 6.69. The number of carbonyl (C=O) groups is 2. The third kappa shape index (κ3) is 3.54. The second kappa shape index (κ2) is 4.89. The third-order valence-electron chi connectivity index (χ3n) is 2.26. The van der Waals surface area contributed by atoms with Gasteiger partial charge in [-0.3, -0.25) is 14.5 Å². The maximum atomic E-state index is 11.4. The van der Waals surface area contributed by atoms with Crippen LogP contribution in [0.4, 0.5) is 0 Å². The molecule has 1 aliphatic rings. The number of nitrogens with one attached hydrogen (secondary N) is 2. The summed E-state index contributed by atoms with van der Waals surface area (Å²) < 4.78 is 23.7. The van der Waals surface area contributed by atoms with Gasteiger partial charge in [0.1, 0.15) is 0 Å². The van der Waals surface area contributed by atoms with Gasteiger partial charge < -0.3 is 5.32 Å². The zero-order valence-electron chi connectivity index (χ0n) is 9.19. The normalized spacial score (nSPS) is 21.9. The minimum absolute atomic E-state index is 0.133. The maximum Gasteiger partial charge on any atom is 0.246 e. The molecule has 1 atom stereocenters. The first kappa shape index (κ1) is 13.1. The highest BCUT2D eigenvalue weighted by Crippen LogP contribution is 2.09. The van der Waals surface area contributed by atoms with Crippen LogP contribution in [0.2, 0.25) is 0 Å². The van der Waals surface area contributed by atoms with E-state index < -0.39 is 16.1 Å². The van der Waals surface area contributed by atoms with Crippen LogP contribution >= 0.6 is 0 Å². The molecule has 1 aliphatic heterocycles. The van der Waals surface area contributed by atoms with Gasteiger partial charge >= 0.3 is 0 Å². The summed E-state index contributed by atoms with van der Waals surface area (Å²) in [6.07, 6.45) is 1.19. The molecular formula is C8H15N3O4S. The Hall–Kier alpha value is -0.990. The topological polar surface area (TPSA) is 95.6 Å². The van der Waals surface area contributed by atoms with Crippen molar-refractivity contribution in [1.29, 1.82) is 0 Å². The van der Waals surface area contributed by atoms with Crippen LogP contribution in [0.3, 0.4) is 0 Å². The van der Waals surface area contributed by atoms with E-state index in [1.165, 1.54) is 7.05 Å². The van der Waals surface area contributed by atoms with E-state index in [1.54, 1.807) is 0 Å². The largest absolute Gasteiger partial charge is 0.304 e. The highest BCUT2D eigenvalue weighted by molar-refractivity contribution is 7.88. The molecule has 0 aromatic heterocycles. The van der Waals surface area contributed by atoms with Crippen LogP contribution in [0.15, 0.2) is 0 Å². The summed E-state index contributed by atoms with van der Waals surface area (Å²) >= 11 is 0. The molecular weight excluding hydrogens is 234 g/mol. The summed E-state index contributed by atoms with van der Waals surface area (Å²) in [5, 5.41) is 2.83. The Morgan fingerprint density at radius 3 is 2.44 bits per heavy atom. The Balaban J connectivity index is 2.30. The predicted octanol–water partition coefficient (Wildman–Crippen LogP) is -2.12. The SMILES string of the molecule is CN1C(=O)CC(NCCNS(C)(=O)=O)C1=O. The highest BCUT2D eigenvalue weighted by atomic mass is 32.2. The van der Waals surface area contributed by atoms with Crippen molar-refractivity contribution in [2.45, 2.75) is 12.5 Å². The molecule has 0 aliphatic carbocycles. The molecule has 1 rings (SSSR count). The van der Waals surface area contributed by atoms with E-state index in [0.29, 0.717) is 6.54 Å². The number of rotatable bonds is 5. The summed E-state index contributed by atoms with van der Waals surface area (Å²) in [4.78, 5) is 23.6. The molecule has 8 heteroatoms. The lowest BCUT2D eigenvalue weighted by atomic mass is 10.2. The van der Waals surface area contributed by atoms with Crippen LogP contribution in [0.25, 0.3) is 0 Å². The molecule has 92 valence electrons. The maximum absolute atomic E-state index is 11.4. The summed E-state index contributed by atoms with van der Waals surface area (Å²) in [5.74, 6) is -0.497. The van der Waals surface area contributed by atoms with E-state index in [2.05, 4.69) is 10.0 Å².